The zero-order valence-electron chi connectivity index (χ0n) is 13.2. The Balaban J connectivity index is 1.86. The molecule has 0 radical (unpaired) electrons. The number of hydrogen-bond acceptors (Lipinski definition) is 5. The topological polar surface area (TPSA) is 77.7 Å². The maximum Gasteiger partial charge on any atom is 0.255 e. The number of fused-ring (bicyclic) bond motifs is 1. The summed E-state index contributed by atoms with van der Waals surface area (Å²) in [6.07, 6.45) is 3.85. The quantitative estimate of drug-likeness (QED) is 0.936. The van der Waals surface area contributed by atoms with Crippen molar-refractivity contribution in [2.45, 2.75) is 13.0 Å². The van der Waals surface area contributed by atoms with Crippen LogP contribution in [0.2, 0.25) is 0 Å². The SMILES string of the molecule is COc1cc2c(cc1OC)CN(C(=O)c1cncc(N)c1)CC2. The predicted molar refractivity (Wildman–Crippen MR) is 86.6 cm³/mol. The van der Waals surface area contributed by atoms with E-state index in [2.05, 4.69) is 4.98 Å². The third-order valence-electron chi connectivity index (χ3n) is 4.01. The van der Waals surface area contributed by atoms with Crippen molar-refractivity contribution >= 4 is 11.6 Å². The van der Waals surface area contributed by atoms with Crippen molar-refractivity contribution in [3.05, 3.63) is 47.3 Å². The largest absolute Gasteiger partial charge is 0.493 e. The number of nitrogens with two attached hydrogens (primary N) is 1. The molecule has 120 valence electrons. The zero-order chi connectivity index (χ0) is 16.4. The lowest BCUT2D eigenvalue weighted by Crippen LogP contribution is -2.36. The van der Waals surface area contributed by atoms with Gasteiger partial charge in [0.2, 0.25) is 0 Å². The van der Waals surface area contributed by atoms with E-state index in [0.717, 1.165) is 12.0 Å². The number of rotatable bonds is 3. The van der Waals surface area contributed by atoms with Gasteiger partial charge in [0.05, 0.1) is 25.5 Å². The molecule has 2 aromatic rings. The molecule has 1 aromatic carbocycles. The molecule has 0 saturated carbocycles. The van der Waals surface area contributed by atoms with Crippen molar-refractivity contribution in [2.24, 2.45) is 0 Å². The van der Waals surface area contributed by atoms with Crippen molar-refractivity contribution in [3.8, 4) is 11.5 Å². The number of aromatic nitrogens is 1. The summed E-state index contributed by atoms with van der Waals surface area (Å²) >= 11 is 0. The van der Waals surface area contributed by atoms with Crippen molar-refractivity contribution in [3.63, 3.8) is 0 Å². The number of nitrogens with zero attached hydrogens (tertiary/aromatic N) is 2. The molecular weight excluding hydrogens is 294 g/mol. The number of anilines is 1. The van der Waals surface area contributed by atoms with Gasteiger partial charge in [-0.2, -0.15) is 0 Å². The molecule has 2 N–H and O–H groups in total. The molecule has 0 atom stereocenters. The molecule has 6 nitrogen and oxygen atoms in total. The highest BCUT2D eigenvalue weighted by Crippen LogP contribution is 2.33. The Morgan fingerprint density at radius 2 is 1.83 bits per heavy atom. The summed E-state index contributed by atoms with van der Waals surface area (Å²) in [5.74, 6) is 1.32. The van der Waals surface area contributed by atoms with Crippen LogP contribution in [0.25, 0.3) is 0 Å². The average Bonchev–Trinajstić information content (AvgIpc) is 2.59. The van der Waals surface area contributed by atoms with Crippen molar-refractivity contribution < 1.29 is 14.3 Å². The van der Waals surface area contributed by atoms with E-state index in [1.165, 1.54) is 11.8 Å². The summed E-state index contributed by atoms with van der Waals surface area (Å²) in [6, 6.07) is 5.57. The molecule has 1 aliphatic heterocycles. The molecule has 0 unspecified atom stereocenters. The third-order valence-corrected chi connectivity index (χ3v) is 4.01. The van der Waals surface area contributed by atoms with Crippen LogP contribution in [0.5, 0.6) is 11.5 Å². The normalized spacial score (nSPS) is 13.4. The molecule has 0 aliphatic carbocycles. The molecule has 1 aromatic heterocycles. The van der Waals surface area contributed by atoms with E-state index in [-0.39, 0.29) is 5.91 Å². The number of nitrogen functional groups attached to an aromatic ring is 1. The number of ether oxygens (including phenoxy) is 2. The second-order valence-corrected chi connectivity index (χ2v) is 5.46. The van der Waals surface area contributed by atoms with Gasteiger partial charge >= 0.3 is 0 Å². The first-order valence-corrected chi connectivity index (χ1v) is 7.36. The van der Waals surface area contributed by atoms with Gasteiger partial charge in [-0.05, 0) is 35.7 Å². The van der Waals surface area contributed by atoms with Crippen LogP contribution in [0.4, 0.5) is 5.69 Å². The van der Waals surface area contributed by atoms with E-state index >= 15 is 0 Å². The molecule has 0 spiro atoms. The van der Waals surface area contributed by atoms with Crippen LogP contribution in [0.3, 0.4) is 0 Å². The maximum atomic E-state index is 12.6. The minimum Gasteiger partial charge on any atom is -0.493 e. The van der Waals surface area contributed by atoms with Gasteiger partial charge in [-0.1, -0.05) is 0 Å². The van der Waals surface area contributed by atoms with E-state index in [4.69, 9.17) is 15.2 Å². The summed E-state index contributed by atoms with van der Waals surface area (Å²) in [4.78, 5) is 18.4. The maximum absolute atomic E-state index is 12.6. The van der Waals surface area contributed by atoms with Gasteiger partial charge < -0.3 is 20.1 Å². The van der Waals surface area contributed by atoms with Gasteiger partial charge in [0.1, 0.15) is 0 Å². The highest BCUT2D eigenvalue weighted by atomic mass is 16.5. The second kappa shape index (κ2) is 6.16. The smallest absolute Gasteiger partial charge is 0.255 e. The molecule has 0 saturated heterocycles. The van der Waals surface area contributed by atoms with E-state index in [9.17, 15) is 4.79 Å². The average molecular weight is 313 g/mol. The molecule has 1 amide bonds. The minimum absolute atomic E-state index is 0.0646. The van der Waals surface area contributed by atoms with Gasteiger partial charge in [-0.15, -0.1) is 0 Å². The molecule has 0 fully saturated rings. The summed E-state index contributed by atoms with van der Waals surface area (Å²) in [7, 11) is 3.23. The number of hydrogen-bond donors (Lipinski definition) is 1. The molecule has 6 heteroatoms. The first-order valence-electron chi connectivity index (χ1n) is 7.36. The predicted octanol–water partition coefficient (Wildman–Crippen LogP) is 1.88. The Morgan fingerprint density at radius 3 is 2.48 bits per heavy atom. The van der Waals surface area contributed by atoms with Crippen LogP contribution in [0.15, 0.2) is 30.6 Å². The molecule has 23 heavy (non-hydrogen) atoms. The lowest BCUT2D eigenvalue weighted by atomic mass is 9.98. The minimum atomic E-state index is -0.0646. The van der Waals surface area contributed by atoms with Crippen LogP contribution >= 0.6 is 0 Å². The number of carbonyl (C=O) groups is 1. The van der Waals surface area contributed by atoms with Crippen LogP contribution < -0.4 is 15.2 Å². The van der Waals surface area contributed by atoms with Crippen LogP contribution in [0.1, 0.15) is 21.5 Å². The highest BCUT2D eigenvalue weighted by molar-refractivity contribution is 5.94. The van der Waals surface area contributed by atoms with Gasteiger partial charge in [0, 0.05) is 25.5 Å². The van der Waals surface area contributed by atoms with Crippen LogP contribution in [0, 0.1) is 0 Å². The first-order chi connectivity index (χ1) is 11.1. The number of pyridine rings is 1. The van der Waals surface area contributed by atoms with E-state index in [0.29, 0.717) is 35.8 Å². The van der Waals surface area contributed by atoms with Gasteiger partial charge in [0.25, 0.3) is 5.91 Å². The summed E-state index contributed by atoms with van der Waals surface area (Å²) < 4.78 is 10.7. The highest BCUT2D eigenvalue weighted by Gasteiger charge is 2.24. The van der Waals surface area contributed by atoms with Gasteiger partial charge in [-0.25, -0.2) is 0 Å². The van der Waals surface area contributed by atoms with Gasteiger partial charge in [0.15, 0.2) is 11.5 Å². The van der Waals surface area contributed by atoms with Crippen LogP contribution in [-0.2, 0) is 13.0 Å². The lowest BCUT2D eigenvalue weighted by Gasteiger charge is -2.29. The summed E-state index contributed by atoms with van der Waals surface area (Å²) in [5, 5.41) is 0. The van der Waals surface area contributed by atoms with E-state index < -0.39 is 0 Å². The molecule has 2 heterocycles. The number of benzene rings is 1. The fourth-order valence-electron chi connectivity index (χ4n) is 2.81. The Kier molecular flexibility index (Phi) is 4.06. The van der Waals surface area contributed by atoms with E-state index in [1.807, 2.05) is 12.1 Å². The molecular formula is C17H19N3O3. The Bertz CT molecular complexity index is 746. The number of methoxy groups -OCH3 is 2. The number of carbonyl (C=O) groups excluding carboxylic acids is 1. The Morgan fingerprint density at radius 1 is 1.13 bits per heavy atom. The zero-order valence-corrected chi connectivity index (χ0v) is 13.2. The standard InChI is InChI=1S/C17H19N3O3/c1-22-15-6-11-3-4-20(10-13(11)7-16(15)23-2)17(21)12-5-14(18)9-19-8-12/h5-9H,3-4,10,18H2,1-2H3. The van der Waals surface area contributed by atoms with Crippen molar-refractivity contribution in [2.75, 3.05) is 26.5 Å². The van der Waals surface area contributed by atoms with Crippen molar-refractivity contribution in [1.82, 2.24) is 9.88 Å². The molecule has 0 bridgehead atoms. The third kappa shape index (κ3) is 2.92. The second-order valence-electron chi connectivity index (χ2n) is 5.46. The van der Waals surface area contributed by atoms with Crippen LogP contribution in [-0.4, -0.2) is 36.6 Å². The molecule has 3 rings (SSSR count). The Hall–Kier alpha value is -2.76. The van der Waals surface area contributed by atoms with E-state index in [1.54, 1.807) is 31.4 Å². The summed E-state index contributed by atoms with van der Waals surface area (Å²) in [5.41, 5.74) is 8.95. The summed E-state index contributed by atoms with van der Waals surface area (Å²) in [6.45, 7) is 1.18. The fraction of sp³-hybridized carbons (Fsp3) is 0.294. The Labute approximate surface area is 134 Å². The van der Waals surface area contributed by atoms with Crippen molar-refractivity contribution in [1.29, 1.82) is 0 Å². The lowest BCUT2D eigenvalue weighted by molar-refractivity contribution is 0.0734. The van der Waals surface area contributed by atoms with Gasteiger partial charge in [-0.3, -0.25) is 9.78 Å². The number of amides is 1. The molecule has 1 aliphatic rings. The first kappa shape index (κ1) is 15.1. The monoisotopic (exact) mass is 313 g/mol. The fourth-order valence-corrected chi connectivity index (χ4v) is 2.81.